The van der Waals surface area contributed by atoms with Crippen molar-refractivity contribution in [3.05, 3.63) is 35.9 Å². The van der Waals surface area contributed by atoms with Gasteiger partial charge in [0.25, 0.3) is 0 Å². The zero-order valence-electron chi connectivity index (χ0n) is 9.75. The zero-order chi connectivity index (χ0) is 11.3. The van der Waals surface area contributed by atoms with Gasteiger partial charge in [-0.15, -0.1) is 0 Å². The summed E-state index contributed by atoms with van der Waals surface area (Å²) in [5, 5.41) is 10.9. The van der Waals surface area contributed by atoms with E-state index in [0.717, 1.165) is 0 Å². The Morgan fingerprint density at radius 2 is 1.94 bits per heavy atom. The first-order valence-corrected chi connectivity index (χ1v) is 4.57. The maximum Gasteiger partial charge on any atom is 1.00 e. The molecule has 4 nitrogen and oxygen atoms in total. The number of hydrogen-bond donors (Lipinski definition) is 0. The van der Waals surface area contributed by atoms with Gasteiger partial charge in [-0.3, -0.25) is 4.99 Å². The van der Waals surface area contributed by atoms with E-state index in [1.807, 2.05) is 6.07 Å². The molecule has 0 aliphatic heterocycles. The average molecular weight is 228 g/mol. The summed E-state index contributed by atoms with van der Waals surface area (Å²) < 4.78 is 0. The predicted molar refractivity (Wildman–Crippen MR) is 56.4 cm³/mol. The van der Waals surface area contributed by atoms with Gasteiger partial charge in [-0.25, -0.2) is 0 Å². The second kappa shape index (κ2) is 7.44. The van der Waals surface area contributed by atoms with Gasteiger partial charge in [0.1, 0.15) is 6.04 Å². The Hall–Kier alpha value is -0.840. The van der Waals surface area contributed by atoms with Crippen LogP contribution in [-0.2, 0) is 4.79 Å². The molecule has 1 rings (SSSR count). The summed E-state index contributed by atoms with van der Waals surface area (Å²) in [5.41, 5.74) is 0.621. The minimum atomic E-state index is -1.20. The number of carboxylic acid groups (broad SMARTS) is 1. The number of benzene rings is 1. The SMILES string of the molecule is CN(C)C=N[C@@H](C(=O)[O-])c1ccccc1.[Na+]. The maximum absolute atomic E-state index is 10.9. The molecule has 0 aromatic heterocycles. The molecule has 0 saturated carbocycles. The number of carbonyl (C=O) groups is 1. The fraction of sp³-hybridized carbons (Fsp3) is 0.273. The Morgan fingerprint density at radius 3 is 2.38 bits per heavy atom. The third kappa shape index (κ3) is 4.79. The van der Waals surface area contributed by atoms with Gasteiger partial charge in [-0.1, -0.05) is 30.3 Å². The van der Waals surface area contributed by atoms with Crippen LogP contribution in [0.3, 0.4) is 0 Å². The molecule has 0 amide bonds. The molecule has 0 aliphatic carbocycles. The van der Waals surface area contributed by atoms with Crippen LogP contribution in [-0.4, -0.2) is 31.3 Å². The van der Waals surface area contributed by atoms with Gasteiger partial charge in [0, 0.05) is 14.1 Å². The number of nitrogens with zero attached hydrogens (tertiary/aromatic N) is 2. The number of carboxylic acids is 1. The van der Waals surface area contributed by atoms with E-state index in [1.165, 1.54) is 6.34 Å². The molecule has 16 heavy (non-hydrogen) atoms. The molecular formula is C11H13N2NaO2. The molecule has 0 N–H and O–H groups in total. The van der Waals surface area contributed by atoms with E-state index in [4.69, 9.17) is 0 Å². The number of carbonyl (C=O) groups excluding carboxylic acids is 1. The first kappa shape index (κ1) is 15.2. The zero-order valence-corrected chi connectivity index (χ0v) is 11.8. The molecule has 80 valence electrons. The van der Waals surface area contributed by atoms with E-state index in [-0.39, 0.29) is 29.6 Å². The average Bonchev–Trinajstić information content (AvgIpc) is 2.18. The topological polar surface area (TPSA) is 55.7 Å². The molecule has 0 aliphatic rings. The van der Waals surface area contributed by atoms with Crippen molar-refractivity contribution in [1.29, 1.82) is 0 Å². The quantitative estimate of drug-likeness (QED) is 0.315. The van der Waals surface area contributed by atoms with Crippen molar-refractivity contribution in [2.45, 2.75) is 6.04 Å². The van der Waals surface area contributed by atoms with E-state index >= 15 is 0 Å². The molecule has 0 fully saturated rings. The molecule has 0 bridgehead atoms. The van der Waals surface area contributed by atoms with E-state index in [0.29, 0.717) is 5.56 Å². The van der Waals surface area contributed by atoms with Crippen LogP contribution in [0.25, 0.3) is 0 Å². The number of aliphatic imine (C=N–C) groups is 1. The molecule has 5 heteroatoms. The first-order chi connectivity index (χ1) is 7.11. The molecule has 1 atom stereocenters. The number of rotatable bonds is 4. The van der Waals surface area contributed by atoms with Crippen LogP contribution in [0.4, 0.5) is 0 Å². The minimum absolute atomic E-state index is 0. The molecule has 0 spiro atoms. The monoisotopic (exact) mass is 228 g/mol. The van der Waals surface area contributed by atoms with Gasteiger partial charge >= 0.3 is 29.6 Å². The summed E-state index contributed by atoms with van der Waals surface area (Å²) in [4.78, 5) is 16.5. The third-order valence-electron chi connectivity index (χ3n) is 1.79. The van der Waals surface area contributed by atoms with Gasteiger partial charge in [-0.2, -0.15) is 0 Å². The van der Waals surface area contributed by atoms with E-state index in [2.05, 4.69) is 4.99 Å². The largest absolute Gasteiger partial charge is 1.00 e. The second-order valence-electron chi connectivity index (χ2n) is 3.36. The van der Waals surface area contributed by atoms with Crippen molar-refractivity contribution >= 4 is 12.3 Å². The van der Waals surface area contributed by atoms with Crippen LogP contribution < -0.4 is 34.7 Å². The Balaban J connectivity index is 0.00000225. The van der Waals surface area contributed by atoms with E-state index in [9.17, 15) is 9.90 Å². The smallest absolute Gasteiger partial charge is 0.547 e. The van der Waals surface area contributed by atoms with Crippen LogP contribution in [0.15, 0.2) is 35.3 Å². The normalized spacial score (nSPS) is 11.9. The molecular weight excluding hydrogens is 215 g/mol. The van der Waals surface area contributed by atoms with Crippen molar-refractivity contribution in [3.8, 4) is 0 Å². The first-order valence-electron chi connectivity index (χ1n) is 4.57. The summed E-state index contributed by atoms with van der Waals surface area (Å²) >= 11 is 0. The van der Waals surface area contributed by atoms with E-state index < -0.39 is 12.0 Å². The van der Waals surface area contributed by atoms with Gasteiger partial charge < -0.3 is 14.8 Å². The summed E-state index contributed by atoms with van der Waals surface area (Å²) in [6, 6.07) is 7.87. The van der Waals surface area contributed by atoms with Gasteiger partial charge in [0.05, 0.1) is 12.3 Å². The summed E-state index contributed by atoms with van der Waals surface area (Å²) in [6.07, 6.45) is 1.47. The Labute approximate surface area is 117 Å². The number of hydrogen-bond acceptors (Lipinski definition) is 3. The van der Waals surface area contributed by atoms with Crippen LogP contribution in [0.1, 0.15) is 11.6 Å². The van der Waals surface area contributed by atoms with Crippen molar-refractivity contribution in [3.63, 3.8) is 0 Å². The fourth-order valence-corrected chi connectivity index (χ4v) is 1.12. The molecule has 0 unspecified atom stereocenters. The Kier molecular flexibility index (Phi) is 7.05. The van der Waals surface area contributed by atoms with Crippen molar-refractivity contribution in [2.24, 2.45) is 4.99 Å². The fourth-order valence-electron chi connectivity index (χ4n) is 1.12. The molecule has 0 heterocycles. The summed E-state index contributed by atoms with van der Waals surface area (Å²) in [7, 11) is 3.56. The Bertz CT molecular complexity index is 352. The predicted octanol–water partition coefficient (Wildman–Crippen LogP) is -2.93. The molecule has 0 saturated heterocycles. The van der Waals surface area contributed by atoms with Crippen molar-refractivity contribution in [1.82, 2.24) is 4.90 Å². The van der Waals surface area contributed by atoms with Crippen molar-refractivity contribution in [2.75, 3.05) is 14.1 Å². The van der Waals surface area contributed by atoms with Crippen LogP contribution >= 0.6 is 0 Å². The number of aliphatic carboxylic acids is 1. The minimum Gasteiger partial charge on any atom is -0.547 e. The van der Waals surface area contributed by atoms with Crippen LogP contribution in [0.2, 0.25) is 0 Å². The molecule has 0 radical (unpaired) electrons. The third-order valence-corrected chi connectivity index (χ3v) is 1.79. The van der Waals surface area contributed by atoms with Crippen LogP contribution in [0, 0.1) is 0 Å². The summed E-state index contributed by atoms with van der Waals surface area (Å²) in [6.45, 7) is 0. The second-order valence-corrected chi connectivity index (χ2v) is 3.36. The van der Waals surface area contributed by atoms with Crippen LogP contribution in [0.5, 0.6) is 0 Å². The molecule has 1 aromatic rings. The maximum atomic E-state index is 10.9. The van der Waals surface area contributed by atoms with E-state index in [1.54, 1.807) is 43.3 Å². The molecule has 1 aromatic carbocycles. The Morgan fingerprint density at radius 1 is 1.38 bits per heavy atom. The summed E-state index contributed by atoms with van der Waals surface area (Å²) in [5.74, 6) is -1.20. The van der Waals surface area contributed by atoms with Crippen molar-refractivity contribution < 1.29 is 39.5 Å². The standard InChI is InChI=1S/C11H14N2O2.Na/c1-13(2)8-12-10(11(14)15)9-6-4-3-5-7-9;/h3-8,10H,1-2H3,(H,14,15);/q;+1/p-1/t10-;/m1./s1. The van der Waals surface area contributed by atoms with Gasteiger partial charge in [0.15, 0.2) is 0 Å². The van der Waals surface area contributed by atoms with Gasteiger partial charge in [0.2, 0.25) is 0 Å². The van der Waals surface area contributed by atoms with Gasteiger partial charge in [-0.05, 0) is 5.56 Å².